The highest BCUT2D eigenvalue weighted by Gasteiger charge is 2.20. The number of rotatable bonds is 9. The molecule has 1 amide bonds. The molecule has 2 rings (SSSR count). The summed E-state index contributed by atoms with van der Waals surface area (Å²) in [6.07, 6.45) is 0. The summed E-state index contributed by atoms with van der Waals surface area (Å²) < 4.78 is 16.3. The number of ether oxygens (including phenoxy) is 2. The maximum Gasteiger partial charge on any atom is 0.243 e. The molecule has 8 nitrogen and oxygen atoms in total. The number of benzene rings is 1. The van der Waals surface area contributed by atoms with Gasteiger partial charge in [0, 0.05) is 11.8 Å². The normalized spacial score (nSPS) is 12.1. The molecule has 0 bridgehead atoms. The van der Waals surface area contributed by atoms with Crippen molar-refractivity contribution in [2.24, 2.45) is 0 Å². The van der Waals surface area contributed by atoms with Crippen LogP contribution in [0.4, 0.5) is 5.69 Å². The Bertz CT molecular complexity index is 732. The molecule has 0 aliphatic heterocycles. The Morgan fingerprint density at radius 2 is 1.96 bits per heavy atom. The van der Waals surface area contributed by atoms with Crippen molar-refractivity contribution in [3.8, 4) is 11.5 Å². The Morgan fingerprint density at radius 1 is 1.27 bits per heavy atom. The van der Waals surface area contributed by atoms with Crippen molar-refractivity contribution in [1.82, 2.24) is 15.0 Å². The first kappa shape index (κ1) is 19.7. The zero-order valence-corrected chi connectivity index (χ0v) is 15.9. The van der Waals surface area contributed by atoms with Crippen molar-refractivity contribution in [2.45, 2.75) is 33.7 Å². The quantitative estimate of drug-likeness (QED) is 0.733. The van der Waals surface area contributed by atoms with Gasteiger partial charge in [-0.2, -0.15) is 4.98 Å². The van der Waals surface area contributed by atoms with Crippen molar-refractivity contribution in [3.63, 3.8) is 0 Å². The molecule has 8 heteroatoms. The molecule has 0 spiro atoms. The van der Waals surface area contributed by atoms with Crippen LogP contribution in [0.1, 0.15) is 38.5 Å². The summed E-state index contributed by atoms with van der Waals surface area (Å²) in [4.78, 5) is 18.4. The molecule has 1 atom stereocenters. The second kappa shape index (κ2) is 9.19. The van der Waals surface area contributed by atoms with Crippen molar-refractivity contribution < 1.29 is 18.8 Å². The van der Waals surface area contributed by atoms with E-state index in [1.807, 2.05) is 32.7 Å². The van der Waals surface area contributed by atoms with Crippen LogP contribution in [0, 0.1) is 6.92 Å². The van der Waals surface area contributed by atoms with Gasteiger partial charge in [-0.3, -0.25) is 9.69 Å². The third-order valence-electron chi connectivity index (χ3n) is 3.78. The van der Waals surface area contributed by atoms with Gasteiger partial charge >= 0.3 is 0 Å². The van der Waals surface area contributed by atoms with Crippen LogP contribution >= 0.6 is 0 Å². The van der Waals surface area contributed by atoms with E-state index in [1.165, 1.54) is 0 Å². The Labute approximate surface area is 153 Å². The first-order chi connectivity index (χ1) is 12.4. The van der Waals surface area contributed by atoms with Crippen LogP contribution in [-0.4, -0.2) is 47.8 Å². The SMILES string of the molecule is CCOc1ccc(NC(=O)CN(C)C(C)c2nc(C)no2)cc1OCC. The number of anilines is 1. The second-order valence-electron chi connectivity index (χ2n) is 5.85. The summed E-state index contributed by atoms with van der Waals surface area (Å²) in [6.45, 7) is 8.72. The van der Waals surface area contributed by atoms with E-state index in [1.54, 1.807) is 25.1 Å². The third-order valence-corrected chi connectivity index (χ3v) is 3.78. The van der Waals surface area contributed by atoms with Gasteiger partial charge in [-0.25, -0.2) is 0 Å². The van der Waals surface area contributed by atoms with Crippen LogP contribution in [0.15, 0.2) is 22.7 Å². The third kappa shape index (κ3) is 5.19. The first-order valence-corrected chi connectivity index (χ1v) is 8.64. The summed E-state index contributed by atoms with van der Waals surface area (Å²) in [6, 6.07) is 5.17. The number of nitrogens with one attached hydrogen (secondary N) is 1. The van der Waals surface area contributed by atoms with Crippen molar-refractivity contribution in [3.05, 3.63) is 29.9 Å². The van der Waals surface area contributed by atoms with Gasteiger partial charge in [-0.1, -0.05) is 5.16 Å². The van der Waals surface area contributed by atoms with Crippen LogP contribution in [0.5, 0.6) is 11.5 Å². The molecule has 0 aliphatic rings. The minimum absolute atomic E-state index is 0.151. The lowest BCUT2D eigenvalue weighted by Gasteiger charge is -2.21. The minimum Gasteiger partial charge on any atom is -0.490 e. The van der Waals surface area contributed by atoms with Crippen LogP contribution < -0.4 is 14.8 Å². The highest BCUT2D eigenvalue weighted by Crippen LogP contribution is 2.30. The largest absolute Gasteiger partial charge is 0.490 e. The smallest absolute Gasteiger partial charge is 0.243 e. The summed E-state index contributed by atoms with van der Waals surface area (Å²) in [5.41, 5.74) is 0.650. The molecular weight excluding hydrogens is 336 g/mol. The van der Waals surface area contributed by atoms with Gasteiger partial charge in [0.25, 0.3) is 0 Å². The fourth-order valence-corrected chi connectivity index (χ4v) is 2.36. The van der Waals surface area contributed by atoms with E-state index in [-0.39, 0.29) is 18.5 Å². The highest BCUT2D eigenvalue weighted by atomic mass is 16.5. The second-order valence-corrected chi connectivity index (χ2v) is 5.85. The standard InChI is InChI=1S/C18H26N4O4/c1-6-24-15-9-8-14(10-16(15)25-7-2)20-17(23)11-22(5)12(3)18-19-13(4)21-26-18/h8-10,12H,6-7,11H2,1-5H3,(H,20,23). The summed E-state index contributed by atoms with van der Waals surface area (Å²) in [5, 5.41) is 6.65. The molecule has 1 aromatic carbocycles. The molecule has 0 aliphatic carbocycles. The van der Waals surface area contributed by atoms with Gasteiger partial charge in [-0.15, -0.1) is 0 Å². The van der Waals surface area contributed by atoms with E-state index in [4.69, 9.17) is 14.0 Å². The van der Waals surface area contributed by atoms with E-state index in [9.17, 15) is 4.79 Å². The first-order valence-electron chi connectivity index (χ1n) is 8.64. The van der Waals surface area contributed by atoms with Gasteiger partial charge in [0.1, 0.15) is 0 Å². The lowest BCUT2D eigenvalue weighted by molar-refractivity contribution is -0.117. The van der Waals surface area contributed by atoms with Crippen LogP contribution in [0.2, 0.25) is 0 Å². The molecule has 1 heterocycles. The number of likely N-dealkylation sites (N-methyl/N-ethyl adjacent to an activating group) is 1. The molecule has 0 radical (unpaired) electrons. The van der Waals surface area contributed by atoms with E-state index >= 15 is 0 Å². The van der Waals surface area contributed by atoms with Gasteiger partial charge in [0.2, 0.25) is 11.8 Å². The number of hydrogen-bond donors (Lipinski definition) is 1. The van der Waals surface area contributed by atoms with E-state index in [0.717, 1.165) is 0 Å². The van der Waals surface area contributed by atoms with Gasteiger partial charge < -0.3 is 19.3 Å². The molecule has 0 fully saturated rings. The Morgan fingerprint density at radius 3 is 2.58 bits per heavy atom. The minimum atomic E-state index is -0.165. The predicted octanol–water partition coefficient (Wildman–Crippen LogP) is 2.81. The average Bonchev–Trinajstić information content (AvgIpc) is 3.03. The van der Waals surface area contributed by atoms with Gasteiger partial charge in [0.05, 0.1) is 25.8 Å². The topological polar surface area (TPSA) is 89.7 Å². The van der Waals surface area contributed by atoms with Crippen molar-refractivity contribution in [2.75, 3.05) is 32.1 Å². The van der Waals surface area contributed by atoms with Crippen LogP contribution in [0.25, 0.3) is 0 Å². The monoisotopic (exact) mass is 362 g/mol. The number of aryl methyl sites for hydroxylation is 1. The molecule has 2 aromatic rings. The number of amides is 1. The number of aromatic nitrogens is 2. The molecule has 0 saturated carbocycles. The zero-order valence-electron chi connectivity index (χ0n) is 15.9. The Kier molecular flexibility index (Phi) is 6.97. The number of carbonyl (C=O) groups excluding carboxylic acids is 1. The maximum absolute atomic E-state index is 12.4. The Hall–Kier alpha value is -2.61. The van der Waals surface area contributed by atoms with Crippen molar-refractivity contribution in [1.29, 1.82) is 0 Å². The van der Waals surface area contributed by atoms with Gasteiger partial charge in [-0.05, 0) is 46.9 Å². The number of nitrogens with zero attached hydrogens (tertiary/aromatic N) is 3. The number of hydrogen-bond acceptors (Lipinski definition) is 7. The van der Waals surface area contributed by atoms with E-state index < -0.39 is 0 Å². The predicted molar refractivity (Wildman–Crippen MR) is 97.5 cm³/mol. The van der Waals surface area contributed by atoms with E-state index in [2.05, 4.69) is 15.5 Å². The summed E-state index contributed by atoms with van der Waals surface area (Å²) in [5.74, 6) is 2.17. The molecule has 142 valence electrons. The van der Waals surface area contributed by atoms with Crippen molar-refractivity contribution >= 4 is 11.6 Å². The zero-order chi connectivity index (χ0) is 19.1. The van der Waals surface area contributed by atoms with Gasteiger partial charge in [0.15, 0.2) is 17.3 Å². The molecular formula is C18H26N4O4. The fraction of sp³-hybridized carbons (Fsp3) is 0.500. The highest BCUT2D eigenvalue weighted by molar-refractivity contribution is 5.92. The maximum atomic E-state index is 12.4. The Balaban J connectivity index is 1.99. The van der Waals surface area contributed by atoms with Crippen LogP contribution in [0.3, 0.4) is 0 Å². The molecule has 1 unspecified atom stereocenters. The fourth-order valence-electron chi connectivity index (χ4n) is 2.36. The lowest BCUT2D eigenvalue weighted by atomic mass is 10.2. The summed E-state index contributed by atoms with van der Waals surface area (Å²) >= 11 is 0. The molecule has 26 heavy (non-hydrogen) atoms. The average molecular weight is 362 g/mol. The molecule has 1 N–H and O–H groups in total. The molecule has 0 saturated heterocycles. The number of carbonyl (C=O) groups is 1. The summed E-state index contributed by atoms with van der Waals surface area (Å²) in [7, 11) is 1.83. The van der Waals surface area contributed by atoms with E-state index in [0.29, 0.717) is 42.1 Å². The van der Waals surface area contributed by atoms with Crippen LogP contribution in [-0.2, 0) is 4.79 Å². The molecule has 1 aromatic heterocycles. The lowest BCUT2D eigenvalue weighted by Crippen LogP contribution is -2.32.